The Morgan fingerprint density at radius 2 is 1.90 bits per heavy atom. The van der Waals surface area contributed by atoms with Crippen molar-refractivity contribution in [3.05, 3.63) is 42.5 Å². The summed E-state index contributed by atoms with van der Waals surface area (Å²) in [7, 11) is -3.83. The van der Waals surface area contributed by atoms with E-state index < -0.39 is 10.0 Å². The van der Waals surface area contributed by atoms with Crippen molar-refractivity contribution in [1.82, 2.24) is 4.98 Å². The van der Waals surface area contributed by atoms with E-state index in [2.05, 4.69) is 4.98 Å². The van der Waals surface area contributed by atoms with E-state index in [0.717, 1.165) is 14.6 Å². The number of para-hydroxylation sites is 1. The van der Waals surface area contributed by atoms with Crippen LogP contribution in [0.4, 0.5) is 5.69 Å². The Balaban J connectivity index is 2.05. The largest absolute Gasteiger partial charge is 0.399 e. The third kappa shape index (κ3) is 3.03. The highest BCUT2D eigenvalue weighted by Crippen LogP contribution is 2.37. The molecule has 21 heavy (non-hydrogen) atoms. The molecule has 0 radical (unpaired) electrons. The molecule has 5 nitrogen and oxygen atoms in total. The molecule has 0 fully saturated rings. The van der Waals surface area contributed by atoms with Crippen LogP contribution in [0.15, 0.2) is 56.6 Å². The van der Waals surface area contributed by atoms with Crippen LogP contribution in [0.5, 0.6) is 0 Å². The summed E-state index contributed by atoms with van der Waals surface area (Å²) in [5.41, 5.74) is 6.88. The quantitative estimate of drug-likeness (QED) is 0.716. The number of nitrogen functional groups attached to an aromatic ring is 1. The molecule has 0 saturated heterocycles. The van der Waals surface area contributed by atoms with Crippen LogP contribution < -0.4 is 10.9 Å². The van der Waals surface area contributed by atoms with Crippen LogP contribution in [0.25, 0.3) is 10.2 Å². The Labute approximate surface area is 130 Å². The monoisotopic (exact) mass is 337 g/mol. The molecule has 0 aliphatic heterocycles. The van der Waals surface area contributed by atoms with Crippen LogP contribution in [0, 0.1) is 0 Å². The van der Waals surface area contributed by atoms with E-state index >= 15 is 0 Å². The summed E-state index contributed by atoms with van der Waals surface area (Å²) in [6.45, 7) is 0. The normalized spacial score (nSPS) is 11.9. The third-order valence-corrected chi connectivity index (χ3v) is 6.00. The van der Waals surface area contributed by atoms with Gasteiger partial charge in [-0.25, -0.2) is 18.5 Å². The average molecular weight is 337 g/mol. The summed E-state index contributed by atoms with van der Waals surface area (Å²) in [6, 6.07) is 12.4. The molecule has 2 aromatic carbocycles. The second-order valence-corrected chi connectivity index (χ2v) is 8.15. The van der Waals surface area contributed by atoms with Crippen LogP contribution in [0.3, 0.4) is 0 Å². The molecule has 0 spiro atoms. The Morgan fingerprint density at radius 1 is 1.14 bits per heavy atom. The molecule has 4 N–H and O–H groups in total. The molecule has 0 atom stereocenters. The lowest BCUT2D eigenvalue weighted by atomic mass is 10.3. The SMILES string of the molecule is Nc1ccc(Sc2nc3ccccc3s2)c(S(N)(=O)=O)c1. The molecule has 1 heterocycles. The molecule has 8 heteroatoms. The maximum atomic E-state index is 11.7. The fraction of sp³-hybridized carbons (Fsp3) is 0. The number of rotatable bonds is 3. The number of benzene rings is 2. The van der Waals surface area contributed by atoms with Gasteiger partial charge in [-0.2, -0.15) is 0 Å². The van der Waals surface area contributed by atoms with E-state index in [-0.39, 0.29) is 4.90 Å². The summed E-state index contributed by atoms with van der Waals surface area (Å²) in [5.74, 6) is 0. The van der Waals surface area contributed by atoms with E-state index in [1.165, 1.54) is 29.2 Å². The molecule has 0 bridgehead atoms. The van der Waals surface area contributed by atoms with Gasteiger partial charge in [0.2, 0.25) is 10.0 Å². The number of thiazole rings is 1. The number of nitrogens with zero attached hydrogens (tertiary/aromatic N) is 1. The van der Waals surface area contributed by atoms with Crippen molar-refractivity contribution < 1.29 is 8.42 Å². The zero-order chi connectivity index (χ0) is 15.0. The molecule has 0 unspecified atom stereocenters. The zero-order valence-corrected chi connectivity index (χ0v) is 13.1. The third-order valence-electron chi connectivity index (χ3n) is 2.75. The minimum Gasteiger partial charge on any atom is -0.399 e. The second-order valence-electron chi connectivity index (χ2n) is 4.30. The maximum Gasteiger partial charge on any atom is 0.239 e. The zero-order valence-electron chi connectivity index (χ0n) is 10.7. The number of aromatic nitrogens is 1. The summed E-state index contributed by atoms with van der Waals surface area (Å²) in [5, 5.41) is 5.24. The Bertz CT molecular complexity index is 886. The lowest BCUT2D eigenvalue weighted by molar-refractivity contribution is 0.596. The molecule has 108 valence electrons. The molecule has 0 aliphatic rings. The summed E-state index contributed by atoms with van der Waals surface area (Å²) in [6.07, 6.45) is 0. The standard InChI is InChI=1S/C13H11N3O2S3/c14-8-5-6-11(12(7-8)21(15,17)18)20-13-16-9-3-1-2-4-10(9)19-13/h1-7H,14H2,(H2,15,17,18). The van der Waals surface area contributed by atoms with Gasteiger partial charge in [-0.1, -0.05) is 23.9 Å². The van der Waals surface area contributed by atoms with E-state index in [1.54, 1.807) is 12.1 Å². The van der Waals surface area contributed by atoms with Gasteiger partial charge in [0.15, 0.2) is 4.34 Å². The van der Waals surface area contributed by atoms with Crippen molar-refractivity contribution in [1.29, 1.82) is 0 Å². The minimum atomic E-state index is -3.83. The van der Waals surface area contributed by atoms with Crippen molar-refractivity contribution in [2.24, 2.45) is 5.14 Å². The van der Waals surface area contributed by atoms with Gasteiger partial charge in [0.05, 0.1) is 15.1 Å². The Hall–Kier alpha value is -1.61. The van der Waals surface area contributed by atoms with E-state index in [0.29, 0.717) is 10.6 Å². The van der Waals surface area contributed by atoms with Gasteiger partial charge in [0, 0.05) is 10.6 Å². The van der Waals surface area contributed by atoms with Crippen LogP contribution in [-0.2, 0) is 10.0 Å². The number of primary sulfonamides is 1. The maximum absolute atomic E-state index is 11.7. The fourth-order valence-electron chi connectivity index (χ4n) is 1.82. The second kappa shape index (κ2) is 5.30. The number of hydrogen-bond acceptors (Lipinski definition) is 6. The van der Waals surface area contributed by atoms with Crippen molar-refractivity contribution in [2.45, 2.75) is 14.1 Å². The van der Waals surface area contributed by atoms with Gasteiger partial charge in [0.25, 0.3) is 0 Å². The molecular formula is C13H11N3O2S3. The Morgan fingerprint density at radius 3 is 2.62 bits per heavy atom. The fourth-order valence-corrected chi connectivity index (χ4v) is 4.97. The van der Waals surface area contributed by atoms with E-state index in [9.17, 15) is 8.42 Å². The lowest BCUT2D eigenvalue weighted by Crippen LogP contribution is -2.13. The van der Waals surface area contributed by atoms with Crippen molar-refractivity contribution >= 4 is 49.0 Å². The number of nitrogens with two attached hydrogens (primary N) is 2. The van der Waals surface area contributed by atoms with E-state index in [4.69, 9.17) is 10.9 Å². The number of sulfonamides is 1. The first-order valence-corrected chi connectivity index (χ1v) is 9.07. The first kappa shape index (κ1) is 14.3. The molecule has 1 aromatic heterocycles. The van der Waals surface area contributed by atoms with Crippen molar-refractivity contribution in [2.75, 3.05) is 5.73 Å². The van der Waals surface area contributed by atoms with Gasteiger partial charge in [-0.15, -0.1) is 11.3 Å². The summed E-state index contributed by atoms with van der Waals surface area (Å²) in [4.78, 5) is 5.01. The summed E-state index contributed by atoms with van der Waals surface area (Å²) < 4.78 is 25.1. The van der Waals surface area contributed by atoms with Crippen LogP contribution in [-0.4, -0.2) is 13.4 Å². The van der Waals surface area contributed by atoms with Crippen molar-refractivity contribution in [3.8, 4) is 0 Å². The van der Waals surface area contributed by atoms with Crippen LogP contribution in [0.1, 0.15) is 0 Å². The van der Waals surface area contributed by atoms with Gasteiger partial charge >= 0.3 is 0 Å². The summed E-state index contributed by atoms with van der Waals surface area (Å²) >= 11 is 2.77. The minimum absolute atomic E-state index is 0.0201. The highest BCUT2D eigenvalue weighted by molar-refractivity contribution is 8.01. The van der Waals surface area contributed by atoms with Gasteiger partial charge in [0.1, 0.15) is 0 Å². The first-order valence-electron chi connectivity index (χ1n) is 5.89. The molecule has 0 amide bonds. The van der Waals surface area contributed by atoms with Crippen LogP contribution in [0.2, 0.25) is 0 Å². The van der Waals surface area contributed by atoms with Crippen molar-refractivity contribution in [3.63, 3.8) is 0 Å². The lowest BCUT2D eigenvalue weighted by Gasteiger charge is -2.06. The molecule has 0 aliphatic carbocycles. The molecule has 0 saturated carbocycles. The topological polar surface area (TPSA) is 99.1 Å². The van der Waals surface area contributed by atoms with Crippen LogP contribution >= 0.6 is 23.1 Å². The highest BCUT2D eigenvalue weighted by Gasteiger charge is 2.16. The Kier molecular flexibility index (Phi) is 3.62. The van der Waals surface area contributed by atoms with E-state index in [1.807, 2.05) is 24.3 Å². The molecular weight excluding hydrogens is 326 g/mol. The first-order chi connectivity index (χ1) is 9.93. The molecule has 3 aromatic rings. The number of hydrogen-bond donors (Lipinski definition) is 2. The predicted molar refractivity (Wildman–Crippen MR) is 86.0 cm³/mol. The smallest absolute Gasteiger partial charge is 0.239 e. The number of fused-ring (bicyclic) bond motifs is 1. The van der Waals surface area contributed by atoms with Gasteiger partial charge in [-0.05, 0) is 30.3 Å². The number of anilines is 1. The predicted octanol–water partition coefficient (Wildman–Crippen LogP) is 2.68. The highest BCUT2D eigenvalue weighted by atomic mass is 32.2. The van der Waals surface area contributed by atoms with Gasteiger partial charge in [-0.3, -0.25) is 0 Å². The average Bonchev–Trinajstić information content (AvgIpc) is 2.82. The molecule has 3 rings (SSSR count). The van der Waals surface area contributed by atoms with Gasteiger partial charge < -0.3 is 5.73 Å².